The summed E-state index contributed by atoms with van der Waals surface area (Å²) in [5.41, 5.74) is 0.773. The topological polar surface area (TPSA) is 101 Å². The number of carbonyl (C=O) groups is 2. The van der Waals surface area contributed by atoms with E-state index in [1.807, 2.05) is 0 Å². The number of carbonyl (C=O) groups excluding carboxylic acids is 2. The molecule has 1 heterocycles. The summed E-state index contributed by atoms with van der Waals surface area (Å²) in [4.78, 5) is 26.9. The fraction of sp³-hybridized carbons (Fsp3) is 0.417. The maximum absolute atomic E-state index is 11.5. The fourth-order valence-electron chi connectivity index (χ4n) is 1.26. The summed E-state index contributed by atoms with van der Waals surface area (Å²) in [5, 5.41) is 13.3. The predicted molar refractivity (Wildman–Crippen MR) is 68.5 cm³/mol. The van der Waals surface area contributed by atoms with Crippen LogP contribution in [-0.4, -0.2) is 48.3 Å². The Morgan fingerprint density at radius 2 is 2.16 bits per heavy atom. The lowest BCUT2D eigenvalue weighted by atomic mass is 10.3. The molecule has 104 valence electrons. The van der Waals surface area contributed by atoms with E-state index in [-0.39, 0.29) is 26.4 Å². The second kappa shape index (κ2) is 8.17. The molecule has 1 rings (SSSR count). The molecular formula is C12H17N3O4. The van der Waals surface area contributed by atoms with Crippen LogP contribution in [0, 0.1) is 6.92 Å². The number of aliphatic hydroxyl groups is 1. The van der Waals surface area contributed by atoms with Crippen molar-refractivity contribution in [3.05, 3.63) is 23.9 Å². The molecule has 7 nitrogen and oxygen atoms in total. The fourth-order valence-corrected chi connectivity index (χ4v) is 1.26. The van der Waals surface area contributed by atoms with E-state index < -0.39 is 11.8 Å². The lowest BCUT2D eigenvalue weighted by Crippen LogP contribution is -2.37. The molecule has 0 aromatic carbocycles. The Labute approximate surface area is 111 Å². The average molecular weight is 267 g/mol. The number of aliphatic hydroxyl groups excluding tert-OH is 1. The highest BCUT2D eigenvalue weighted by Crippen LogP contribution is 2.08. The van der Waals surface area contributed by atoms with Crippen LogP contribution in [0.2, 0.25) is 0 Å². The van der Waals surface area contributed by atoms with Gasteiger partial charge < -0.3 is 20.5 Å². The number of nitrogens with one attached hydrogen (secondary N) is 2. The molecule has 0 aliphatic rings. The van der Waals surface area contributed by atoms with Crippen LogP contribution in [0.1, 0.15) is 5.56 Å². The van der Waals surface area contributed by atoms with Crippen molar-refractivity contribution in [1.82, 2.24) is 10.3 Å². The van der Waals surface area contributed by atoms with Crippen molar-refractivity contribution < 1.29 is 19.4 Å². The van der Waals surface area contributed by atoms with Crippen molar-refractivity contribution in [1.29, 1.82) is 0 Å². The van der Waals surface area contributed by atoms with Crippen molar-refractivity contribution in [2.75, 3.05) is 31.7 Å². The van der Waals surface area contributed by atoms with Gasteiger partial charge in [-0.15, -0.1) is 0 Å². The van der Waals surface area contributed by atoms with E-state index in [2.05, 4.69) is 15.6 Å². The van der Waals surface area contributed by atoms with Gasteiger partial charge in [0.15, 0.2) is 0 Å². The van der Waals surface area contributed by atoms with E-state index in [9.17, 15) is 9.59 Å². The number of amides is 2. The summed E-state index contributed by atoms with van der Waals surface area (Å²) in [6, 6.07) is 3.52. The molecule has 0 fully saturated rings. The Morgan fingerprint density at radius 3 is 2.84 bits per heavy atom. The van der Waals surface area contributed by atoms with Crippen LogP contribution in [0.5, 0.6) is 0 Å². The van der Waals surface area contributed by atoms with Crippen molar-refractivity contribution in [2.45, 2.75) is 6.92 Å². The highest BCUT2D eigenvalue weighted by Gasteiger charge is 2.14. The lowest BCUT2D eigenvalue weighted by molar-refractivity contribution is -0.136. The maximum atomic E-state index is 11.5. The van der Waals surface area contributed by atoms with Crippen LogP contribution >= 0.6 is 0 Å². The zero-order chi connectivity index (χ0) is 14.1. The number of nitrogens with zero attached hydrogens (tertiary/aromatic N) is 1. The summed E-state index contributed by atoms with van der Waals surface area (Å²) in [6.07, 6.45) is 1.53. The molecule has 7 heteroatoms. The average Bonchev–Trinajstić information content (AvgIpc) is 2.41. The van der Waals surface area contributed by atoms with Gasteiger partial charge in [-0.25, -0.2) is 4.98 Å². The van der Waals surface area contributed by atoms with Gasteiger partial charge in [0.25, 0.3) is 0 Å². The van der Waals surface area contributed by atoms with Gasteiger partial charge in [-0.05, 0) is 18.6 Å². The molecule has 0 atom stereocenters. The molecule has 0 spiro atoms. The molecule has 0 radical (unpaired) electrons. The second-order valence-corrected chi connectivity index (χ2v) is 3.71. The molecule has 0 unspecified atom stereocenters. The highest BCUT2D eigenvalue weighted by molar-refractivity contribution is 6.39. The molecule has 0 aliphatic carbocycles. The molecule has 0 bridgehead atoms. The Balaban J connectivity index is 2.33. The van der Waals surface area contributed by atoms with Crippen LogP contribution < -0.4 is 10.6 Å². The summed E-state index contributed by atoms with van der Waals surface area (Å²) in [6.45, 7) is 2.35. The Hall–Kier alpha value is -1.99. The number of aromatic nitrogens is 1. The summed E-state index contributed by atoms with van der Waals surface area (Å²) in [7, 11) is 0. The maximum Gasteiger partial charge on any atom is 0.314 e. The first-order valence-corrected chi connectivity index (χ1v) is 5.84. The van der Waals surface area contributed by atoms with Crippen LogP contribution in [-0.2, 0) is 14.3 Å². The molecule has 0 saturated carbocycles. The minimum atomic E-state index is -0.774. The normalized spacial score (nSPS) is 10.0. The predicted octanol–water partition coefficient (Wildman–Crippen LogP) is -0.546. The molecule has 0 saturated heterocycles. The van der Waals surface area contributed by atoms with E-state index in [1.165, 1.54) is 6.20 Å². The first-order valence-electron chi connectivity index (χ1n) is 5.84. The smallest absolute Gasteiger partial charge is 0.314 e. The van der Waals surface area contributed by atoms with Gasteiger partial charge in [0, 0.05) is 12.7 Å². The van der Waals surface area contributed by atoms with E-state index in [4.69, 9.17) is 9.84 Å². The van der Waals surface area contributed by atoms with Crippen LogP contribution in [0.25, 0.3) is 0 Å². The molecular weight excluding hydrogens is 250 g/mol. The third-order valence-corrected chi connectivity index (χ3v) is 2.22. The number of anilines is 1. The van der Waals surface area contributed by atoms with Crippen LogP contribution in [0.3, 0.4) is 0 Å². The molecule has 0 aliphatic heterocycles. The van der Waals surface area contributed by atoms with E-state index in [0.29, 0.717) is 5.82 Å². The first kappa shape index (κ1) is 15.1. The van der Waals surface area contributed by atoms with Crippen LogP contribution in [0.4, 0.5) is 5.82 Å². The zero-order valence-corrected chi connectivity index (χ0v) is 10.7. The summed E-state index contributed by atoms with van der Waals surface area (Å²) < 4.78 is 4.94. The standard InChI is InChI=1S/C12H17N3O4/c1-9-3-2-4-13-10(9)15-12(18)11(17)14-5-7-19-8-6-16/h2-4,16H,5-8H2,1H3,(H,14,17)(H,13,15,18). The molecule has 1 aromatic heterocycles. The van der Waals surface area contributed by atoms with Crippen molar-refractivity contribution in [3.63, 3.8) is 0 Å². The minimum absolute atomic E-state index is 0.0760. The third-order valence-electron chi connectivity index (χ3n) is 2.22. The van der Waals surface area contributed by atoms with Gasteiger partial charge in [-0.3, -0.25) is 9.59 Å². The van der Waals surface area contributed by atoms with Gasteiger partial charge in [-0.2, -0.15) is 0 Å². The monoisotopic (exact) mass is 267 g/mol. The van der Waals surface area contributed by atoms with Gasteiger partial charge in [0.2, 0.25) is 0 Å². The number of rotatable bonds is 6. The van der Waals surface area contributed by atoms with E-state index in [0.717, 1.165) is 5.56 Å². The molecule has 3 N–H and O–H groups in total. The zero-order valence-electron chi connectivity index (χ0n) is 10.7. The molecule has 1 aromatic rings. The number of aryl methyl sites for hydroxylation is 1. The Bertz CT molecular complexity index is 437. The SMILES string of the molecule is Cc1cccnc1NC(=O)C(=O)NCCOCCO. The largest absolute Gasteiger partial charge is 0.394 e. The van der Waals surface area contributed by atoms with Gasteiger partial charge in [-0.1, -0.05) is 6.07 Å². The Morgan fingerprint density at radius 1 is 1.37 bits per heavy atom. The lowest BCUT2D eigenvalue weighted by Gasteiger charge is -2.07. The number of ether oxygens (including phenoxy) is 1. The van der Waals surface area contributed by atoms with Gasteiger partial charge in [0.05, 0.1) is 19.8 Å². The summed E-state index contributed by atoms with van der Waals surface area (Å²) >= 11 is 0. The summed E-state index contributed by atoms with van der Waals surface area (Å²) in [5.74, 6) is -1.17. The van der Waals surface area contributed by atoms with E-state index in [1.54, 1.807) is 19.1 Å². The number of hydrogen-bond donors (Lipinski definition) is 3. The highest BCUT2D eigenvalue weighted by atomic mass is 16.5. The third kappa shape index (κ3) is 5.45. The Kier molecular flexibility index (Phi) is 6.48. The van der Waals surface area contributed by atoms with E-state index >= 15 is 0 Å². The second-order valence-electron chi connectivity index (χ2n) is 3.71. The molecule has 2 amide bonds. The molecule has 19 heavy (non-hydrogen) atoms. The number of hydrogen-bond acceptors (Lipinski definition) is 5. The number of pyridine rings is 1. The quantitative estimate of drug-likeness (QED) is 0.474. The first-order chi connectivity index (χ1) is 9.15. The minimum Gasteiger partial charge on any atom is -0.394 e. The van der Waals surface area contributed by atoms with Crippen LogP contribution in [0.15, 0.2) is 18.3 Å². The van der Waals surface area contributed by atoms with Crippen molar-refractivity contribution in [3.8, 4) is 0 Å². The van der Waals surface area contributed by atoms with Crippen molar-refractivity contribution in [2.24, 2.45) is 0 Å². The van der Waals surface area contributed by atoms with Gasteiger partial charge >= 0.3 is 11.8 Å². The van der Waals surface area contributed by atoms with Crippen molar-refractivity contribution >= 4 is 17.6 Å². The van der Waals surface area contributed by atoms with Gasteiger partial charge in [0.1, 0.15) is 5.82 Å².